The Labute approximate surface area is 120 Å². The third-order valence-electron chi connectivity index (χ3n) is 4.66. The summed E-state index contributed by atoms with van der Waals surface area (Å²) in [5, 5.41) is 0. The maximum absolute atomic E-state index is 12.5. The number of carbonyl (C=O) groups is 2. The Balaban J connectivity index is 1.90. The Kier molecular flexibility index (Phi) is 4.86. The zero-order valence-electron chi connectivity index (χ0n) is 12.5. The van der Waals surface area contributed by atoms with Crippen LogP contribution in [0.2, 0.25) is 0 Å². The van der Waals surface area contributed by atoms with E-state index in [1.165, 1.54) is 4.90 Å². The highest BCUT2D eigenvalue weighted by molar-refractivity contribution is 5.87. The fraction of sp³-hybridized carbons (Fsp3) is 0.857. The molecule has 1 unspecified atom stereocenters. The third-order valence-corrected chi connectivity index (χ3v) is 4.66. The largest absolute Gasteiger partial charge is 0.351 e. The smallest absolute Gasteiger partial charge is 0.315 e. The Hall–Kier alpha value is -1.30. The van der Waals surface area contributed by atoms with E-state index in [9.17, 15) is 9.59 Å². The summed E-state index contributed by atoms with van der Waals surface area (Å²) < 4.78 is 0. The average molecular weight is 282 g/mol. The molecule has 0 spiro atoms. The summed E-state index contributed by atoms with van der Waals surface area (Å²) in [7, 11) is 0. The highest BCUT2D eigenvalue weighted by atomic mass is 16.2. The Morgan fingerprint density at radius 3 is 2.40 bits per heavy atom. The molecule has 2 fully saturated rings. The second kappa shape index (κ2) is 6.43. The number of nitrogens with two attached hydrogens (primary N) is 1. The van der Waals surface area contributed by atoms with Crippen LogP contribution in [0.25, 0.3) is 0 Å². The first kappa shape index (κ1) is 15.1. The Morgan fingerprint density at radius 1 is 1.20 bits per heavy atom. The van der Waals surface area contributed by atoms with Gasteiger partial charge in [0.05, 0.1) is 0 Å². The zero-order valence-corrected chi connectivity index (χ0v) is 12.5. The molecule has 3 amide bonds. The molecule has 0 aromatic rings. The van der Waals surface area contributed by atoms with Crippen LogP contribution in [0.5, 0.6) is 0 Å². The zero-order chi connectivity index (χ0) is 14.7. The van der Waals surface area contributed by atoms with E-state index in [0.29, 0.717) is 12.6 Å². The SMILES string of the molecule is CCC(C)N1CCN(C(=O)[C@@H]2CCCN2C(N)=O)CC1. The van der Waals surface area contributed by atoms with Crippen molar-refractivity contribution in [2.45, 2.75) is 45.2 Å². The predicted molar refractivity (Wildman–Crippen MR) is 77.2 cm³/mol. The van der Waals surface area contributed by atoms with Crippen molar-refractivity contribution in [2.24, 2.45) is 5.73 Å². The first-order valence-corrected chi connectivity index (χ1v) is 7.63. The summed E-state index contributed by atoms with van der Waals surface area (Å²) in [6.45, 7) is 8.37. The summed E-state index contributed by atoms with van der Waals surface area (Å²) in [5.74, 6) is 0.0742. The van der Waals surface area contributed by atoms with E-state index in [1.807, 2.05) is 4.90 Å². The van der Waals surface area contributed by atoms with Crippen LogP contribution in [0.3, 0.4) is 0 Å². The second-order valence-electron chi connectivity index (χ2n) is 5.81. The van der Waals surface area contributed by atoms with Gasteiger partial charge in [-0.15, -0.1) is 0 Å². The minimum Gasteiger partial charge on any atom is -0.351 e. The lowest BCUT2D eigenvalue weighted by molar-refractivity contribution is -0.137. The van der Waals surface area contributed by atoms with Crippen molar-refractivity contribution >= 4 is 11.9 Å². The van der Waals surface area contributed by atoms with Crippen LogP contribution in [0.4, 0.5) is 4.79 Å². The van der Waals surface area contributed by atoms with Gasteiger partial charge in [0.15, 0.2) is 0 Å². The molecule has 2 N–H and O–H groups in total. The minimum absolute atomic E-state index is 0.0742. The van der Waals surface area contributed by atoms with E-state index in [4.69, 9.17) is 5.73 Å². The first-order chi connectivity index (χ1) is 9.54. The maximum Gasteiger partial charge on any atom is 0.315 e. The van der Waals surface area contributed by atoms with Gasteiger partial charge in [-0.2, -0.15) is 0 Å². The normalized spacial score (nSPS) is 25.8. The van der Waals surface area contributed by atoms with Gasteiger partial charge in [-0.05, 0) is 26.2 Å². The van der Waals surface area contributed by atoms with Gasteiger partial charge in [0.1, 0.15) is 6.04 Å². The van der Waals surface area contributed by atoms with Crippen LogP contribution in [0.1, 0.15) is 33.1 Å². The van der Waals surface area contributed by atoms with Crippen LogP contribution in [0, 0.1) is 0 Å². The van der Waals surface area contributed by atoms with Gasteiger partial charge < -0.3 is 15.5 Å². The molecule has 2 aliphatic rings. The number of hydrogen-bond donors (Lipinski definition) is 1. The van der Waals surface area contributed by atoms with E-state index in [2.05, 4.69) is 18.7 Å². The second-order valence-corrected chi connectivity index (χ2v) is 5.81. The Morgan fingerprint density at radius 2 is 1.85 bits per heavy atom. The maximum atomic E-state index is 12.5. The van der Waals surface area contributed by atoms with Gasteiger partial charge in [-0.25, -0.2) is 4.79 Å². The highest BCUT2D eigenvalue weighted by Gasteiger charge is 2.36. The van der Waals surface area contributed by atoms with Crippen molar-refractivity contribution in [1.29, 1.82) is 0 Å². The first-order valence-electron chi connectivity index (χ1n) is 7.63. The van der Waals surface area contributed by atoms with Crippen molar-refractivity contribution in [3.8, 4) is 0 Å². The molecule has 0 bridgehead atoms. The molecule has 2 atom stereocenters. The molecule has 0 saturated carbocycles. The summed E-state index contributed by atoms with van der Waals surface area (Å²) in [4.78, 5) is 29.7. The number of carbonyl (C=O) groups excluding carboxylic acids is 2. The van der Waals surface area contributed by atoms with E-state index in [0.717, 1.165) is 45.4 Å². The number of likely N-dealkylation sites (tertiary alicyclic amines) is 1. The summed E-state index contributed by atoms with van der Waals surface area (Å²) in [5.41, 5.74) is 5.34. The van der Waals surface area contributed by atoms with Crippen molar-refractivity contribution in [3.63, 3.8) is 0 Å². The van der Waals surface area contributed by atoms with Crippen LogP contribution < -0.4 is 5.73 Å². The highest BCUT2D eigenvalue weighted by Crippen LogP contribution is 2.20. The van der Waals surface area contributed by atoms with Gasteiger partial charge in [-0.3, -0.25) is 9.69 Å². The van der Waals surface area contributed by atoms with E-state index >= 15 is 0 Å². The monoisotopic (exact) mass is 282 g/mol. The van der Waals surface area contributed by atoms with E-state index in [-0.39, 0.29) is 11.9 Å². The third kappa shape index (κ3) is 3.06. The van der Waals surface area contributed by atoms with Gasteiger partial charge in [-0.1, -0.05) is 6.92 Å². The molecule has 0 aromatic carbocycles. The molecule has 6 nitrogen and oxygen atoms in total. The summed E-state index contributed by atoms with van der Waals surface area (Å²) in [6, 6.07) is -0.234. The van der Waals surface area contributed by atoms with Gasteiger partial charge in [0.2, 0.25) is 5.91 Å². The lowest BCUT2D eigenvalue weighted by atomic mass is 10.1. The molecule has 20 heavy (non-hydrogen) atoms. The molecule has 2 aliphatic heterocycles. The van der Waals surface area contributed by atoms with Crippen LogP contribution in [-0.2, 0) is 4.79 Å². The molecule has 2 heterocycles. The fourth-order valence-corrected chi connectivity index (χ4v) is 3.14. The molecule has 0 aromatic heterocycles. The number of primary amides is 1. The van der Waals surface area contributed by atoms with Gasteiger partial charge in [0, 0.05) is 38.8 Å². The number of amides is 3. The molecule has 2 rings (SSSR count). The van der Waals surface area contributed by atoms with Crippen molar-refractivity contribution in [1.82, 2.24) is 14.7 Å². The minimum atomic E-state index is -0.473. The lowest BCUT2D eigenvalue weighted by Gasteiger charge is -2.39. The number of piperazine rings is 1. The van der Waals surface area contributed by atoms with Gasteiger partial charge >= 0.3 is 6.03 Å². The van der Waals surface area contributed by atoms with Crippen LogP contribution in [0.15, 0.2) is 0 Å². The summed E-state index contributed by atoms with van der Waals surface area (Å²) in [6.07, 6.45) is 2.74. The number of hydrogen-bond acceptors (Lipinski definition) is 3. The number of urea groups is 1. The molecular formula is C14H26N4O2. The summed E-state index contributed by atoms with van der Waals surface area (Å²) >= 11 is 0. The van der Waals surface area contributed by atoms with Crippen molar-refractivity contribution in [2.75, 3.05) is 32.7 Å². The fourth-order valence-electron chi connectivity index (χ4n) is 3.14. The molecule has 0 radical (unpaired) electrons. The predicted octanol–water partition coefficient (Wildman–Crippen LogP) is 0.472. The number of nitrogens with zero attached hydrogens (tertiary/aromatic N) is 3. The molecule has 6 heteroatoms. The van der Waals surface area contributed by atoms with Crippen LogP contribution in [-0.4, -0.2) is 71.4 Å². The van der Waals surface area contributed by atoms with Gasteiger partial charge in [0.25, 0.3) is 0 Å². The van der Waals surface area contributed by atoms with E-state index in [1.54, 1.807) is 0 Å². The molecule has 114 valence electrons. The molecule has 2 saturated heterocycles. The number of rotatable bonds is 3. The molecular weight excluding hydrogens is 256 g/mol. The topological polar surface area (TPSA) is 69.9 Å². The molecule has 0 aliphatic carbocycles. The van der Waals surface area contributed by atoms with Crippen molar-refractivity contribution < 1.29 is 9.59 Å². The van der Waals surface area contributed by atoms with Crippen molar-refractivity contribution in [3.05, 3.63) is 0 Å². The van der Waals surface area contributed by atoms with Crippen LogP contribution >= 0.6 is 0 Å². The standard InChI is InChI=1S/C14H26N4O2/c1-3-11(2)16-7-9-17(10-8-16)13(19)12-5-4-6-18(12)14(15)20/h11-12H,3-10H2,1-2H3,(H2,15,20)/t11?,12-/m0/s1. The Bertz CT molecular complexity index is 366. The average Bonchev–Trinajstić information content (AvgIpc) is 2.95. The lowest BCUT2D eigenvalue weighted by Crippen LogP contribution is -2.56. The quantitative estimate of drug-likeness (QED) is 0.818. The van der Waals surface area contributed by atoms with E-state index < -0.39 is 6.03 Å².